The summed E-state index contributed by atoms with van der Waals surface area (Å²) in [6.45, 7) is 5.04. The molecule has 86 valence electrons. The van der Waals surface area contributed by atoms with Crippen molar-refractivity contribution >= 4 is 52.6 Å². The van der Waals surface area contributed by atoms with Gasteiger partial charge in [-0.2, -0.15) is 0 Å². The first-order chi connectivity index (χ1) is 5.98. The third kappa shape index (κ3) is 22.9. The van der Waals surface area contributed by atoms with Gasteiger partial charge in [0.05, 0.1) is 5.88 Å². The highest BCUT2D eigenvalue weighted by Gasteiger charge is 2.16. The average Bonchev–Trinajstić information content (AvgIpc) is 1.81. The maximum absolute atomic E-state index is 9.79. The molecular formula is C7H12Cl4O3. The minimum absolute atomic E-state index is 0.0394. The van der Waals surface area contributed by atoms with Gasteiger partial charge >= 0.3 is 6.16 Å². The lowest BCUT2D eigenvalue weighted by Crippen LogP contribution is -2.22. The quantitative estimate of drug-likeness (QED) is 0.539. The number of rotatable bonds is 0. The Morgan fingerprint density at radius 1 is 1.29 bits per heavy atom. The minimum atomic E-state index is -1.28. The van der Waals surface area contributed by atoms with Gasteiger partial charge in [0.15, 0.2) is 0 Å². The first-order valence-corrected chi connectivity index (χ1v) is 5.19. The van der Waals surface area contributed by atoms with E-state index in [-0.39, 0.29) is 5.88 Å². The second kappa shape index (κ2) is 6.83. The molecule has 0 aromatic rings. The summed E-state index contributed by atoms with van der Waals surface area (Å²) in [6, 6.07) is 0. The van der Waals surface area contributed by atoms with Crippen LogP contribution >= 0.6 is 46.4 Å². The molecule has 0 aliphatic rings. The largest absolute Gasteiger partial charge is 0.506 e. The second-order valence-electron chi connectivity index (χ2n) is 3.23. The third-order valence-corrected chi connectivity index (χ3v) is 1.76. The van der Waals surface area contributed by atoms with E-state index in [1.807, 2.05) is 0 Å². The van der Waals surface area contributed by atoms with Crippen molar-refractivity contribution in [3.8, 4) is 0 Å². The monoisotopic (exact) mass is 284 g/mol. The standard InChI is InChI=1S/C5H10O3.C2H2Cl4/c1-5(2,3)8-4(6)7;3-1-2(4,5)6/h1-3H3,(H,6,7);1H2. The number of ether oxygens (including phenoxy) is 1. The summed E-state index contributed by atoms with van der Waals surface area (Å²) in [6.07, 6.45) is -1.22. The zero-order valence-electron chi connectivity index (χ0n) is 7.98. The molecule has 0 spiro atoms. The zero-order valence-corrected chi connectivity index (χ0v) is 11.0. The summed E-state index contributed by atoms with van der Waals surface area (Å²) in [5.41, 5.74) is -0.578. The second-order valence-corrected chi connectivity index (χ2v) is 6.01. The minimum Gasteiger partial charge on any atom is -0.450 e. The number of carboxylic acid groups (broad SMARTS) is 1. The molecule has 0 atom stereocenters. The smallest absolute Gasteiger partial charge is 0.450 e. The van der Waals surface area contributed by atoms with Gasteiger partial charge in [-0.3, -0.25) is 0 Å². The van der Waals surface area contributed by atoms with E-state index < -0.39 is 15.5 Å². The van der Waals surface area contributed by atoms with E-state index in [0.29, 0.717) is 0 Å². The summed E-state index contributed by atoms with van der Waals surface area (Å²) in [5, 5.41) is 8.03. The van der Waals surface area contributed by atoms with Crippen LogP contribution in [-0.2, 0) is 4.74 Å². The molecule has 1 N–H and O–H groups in total. The van der Waals surface area contributed by atoms with Crippen LogP contribution in [-0.4, -0.2) is 26.5 Å². The van der Waals surface area contributed by atoms with Crippen LogP contribution in [0.2, 0.25) is 0 Å². The molecule has 0 amide bonds. The van der Waals surface area contributed by atoms with Gasteiger partial charge in [0.25, 0.3) is 0 Å². The summed E-state index contributed by atoms with van der Waals surface area (Å²) in [5.74, 6) is 0.0394. The maximum atomic E-state index is 9.79. The predicted molar refractivity (Wildman–Crippen MR) is 59.9 cm³/mol. The molecule has 0 rings (SSSR count). The molecule has 0 fully saturated rings. The van der Waals surface area contributed by atoms with Crippen molar-refractivity contribution in [2.75, 3.05) is 5.88 Å². The molecule has 0 heterocycles. The SMILES string of the molecule is CC(C)(C)OC(=O)O.ClCC(Cl)(Cl)Cl. The van der Waals surface area contributed by atoms with Crippen molar-refractivity contribution in [2.45, 2.75) is 30.2 Å². The molecular weight excluding hydrogens is 274 g/mol. The highest BCUT2D eigenvalue weighted by molar-refractivity contribution is 6.69. The van der Waals surface area contributed by atoms with Gasteiger partial charge in [0.1, 0.15) is 5.60 Å². The Kier molecular flexibility index (Phi) is 8.22. The lowest BCUT2D eigenvalue weighted by molar-refractivity contribution is 0.0150. The van der Waals surface area contributed by atoms with Gasteiger partial charge in [-0.1, -0.05) is 34.8 Å². The highest BCUT2D eigenvalue weighted by Crippen LogP contribution is 2.26. The molecule has 0 aliphatic heterocycles. The lowest BCUT2D eigenvalue weighted by Gasteiger charge is -2.15. The van der Waals surface area contributed by atoms with Crippen LogP contribution < -0.4 is 0 Å². The summed E-state index contributed by atoms with van der Waals surface area (Å²) >= 11 is 20.4. The molecule has 7 heteroatoms. The lowest BCUT2D eigenvalue weighted by atomic mass is 10.2. The van der Waals surface area contributed by atoms with Gasteiger partial charge in [-0.05, 0) is 20.8 Å². The van der Waals surface area contributed by atoms with Crippen molar-refractivity contribution in [1.82, 2.24) is 0 Å². The van der Waals surface area contributed by atoms with Crippen molar-refractivity contribution < 1.29 is 14.6 Å². The highest BCUT2D eigenvalue weighted by atomic mass is 35.6. The average molecular weight is 286 g/mol. The van der Waals surface area contributed by atoms with Crippen LogP contribution in [0, 0.1) is 0 Å². The number of alkyl halides is 4. The maximum Gasteiger partial charge on any atom is 0.506 e. The molecule has 0 unspecified atom stereocenters. The number of carbonyl (C=O) groups is 1. The van der Waals surface area contributed by atoms with Crippen LogP contribution in [0.3, 0.4) is 0 Å². The summed E-state index contributed by atoms with van der Waals surface area (Å²) in [7, 11) is 0. The molecule has 14 heavy (non-hydrogen) atoms. The number of halogens is 4. The van der Waals surface area contributed by atoms with E-state index in [1.54, 1.807) is 20.8 Å². The fourth-order valence-corrected chi connectivity index (χ4v) is 0.262. The van der Waals surface area contributed by atoms with Crippen LogP contribution in [0.5, 0.6) is 0 Å². The van der Waals surface area contributed by atoms with E-state index >= 15 is 0 Å². The Hall–Kier alpha value is 0.430. The number of hydrogen-bond donors (Lipinski definition) is 1. The Morgan fingerprint density at radius 3 is 1.57 bits per heavy atom. The zero-order chi connectivity index (χ0) is 12.0. The first kappa shape index (κ1) is 16.8. The molecule has 0 aromatic heterocycles. The van der Waals surface area contributed by atoms with Crippen molar-refractivity contribution in [1.29, 1.82) is 0 Å². The van der Waals surface area contributed by atoms with E-state index in [4.69, 9.17) is 51.5 Å². The van der Waals surface area contributed by atoms with Gasteiger partial charge in [-0.25, -0.2) is 4.79 Å². The Morgan fingerprint density at radius 2 is 1.57 bits per heavy atom. The molecule has 3 nitrogen and oxygen atoms in total. The third-order valence-electron chi connectivity index (χ3n) is 0.545. The molecule has 0 aliphatic carbocycles. The molecule has 0 aromatic carbocycles. The van der Waals surface area contributed by atoms with Crippen LogP contribution in [0.4, 0.5) is 4.79 Å². The molecule has 0 saturated carbocycles. The fraction of sp³-hybridized carbons (Fsp3) is 0.857. The Labute approximate surface area is 103 Å². The Balaban J connectivity index is 0. The summed E-state index contributed by atoms with van der Waals surface area (Å²) in [4.78, 5) is 9.79. The molecule has 0 bridgehead atoms. The van der Waals surface area contributed by atoms with E-state index in [2.05, 4.69) is 4.74 Å². The van der Waals surface area contributed by atoms with Crippen LogP contribution in [0.15, 0.2) is 0 Å². The van der Waals surface area contributed by atoms with Crippen molar-refractivity contribution in [3.63, 3.8) is 0 Å². The molecule has 0 radical (unpaired) electrons. The van der Waals surface area contributed by atoms with Crippen molar-refractivity contribution in [3.05, 3.63) is 0 Å². The van der Waals surface area contributed by atoms with Gasteiger partial charge < -0.3 is 9.84 Å². The molecule has 0 saturated heterocycles. The first-order valence-electron chi connectivity index (χ1n) is 3.52. The predicted octanol–water partition coefficient (Wildman–Crippen LogP) is 4.07. The number of hydrogen-bond acceptors (Lipinski definition) is 2. The summed E-state index contributed by atoms with van der Waals surface area (Å²) < 4.78 is 3.08. The van der Waals surface area contributed by atoms with E-state index in [0.717, 1.165) is 0 Å². The van der Waals surface area contributed by atoms with Crippen molar-refractivity contribution in [2.24, 2.45) is 0 Å². The van der Waals surface area contributed by atoms with Gasteiger partial charge in [-0.15, -0.1) is 11.6 Å². The van der Waals surface area contributed by atoms with Crippen LogP contribution in [0.25, 0.3) is 0 Å². The normalized spacial score (nSPS) is 11.4. The van der Waals surface area contributed by atoms with E-state index in [9.17, 15) is 4.79 Å². The van der Waals surface area contributed by atoms with E-state index in [1.165, 1.54) is 0 Å². The Bertz CT molecular complexity index is 171. The van der Waals surface area contributed by atoms with Gasteiger partial charge in [0.2, 0.25) is 3.79 Å². The van der Waals surface area contributed by atoms with Gasteiger partial charge in [0, 0.05) is 0 Å². The van der Waals surface area contributed by atoms with Crippen LogP contribution in [0.1, 0.15) is 20.8 Å². The fourth-order valence-electron chi connectivity index (χ4n) is 0.262. The topological polar surface area (TPSA) is 46.5 Å².